The molecule has 2 rings (SSSR count). The Kier molecular flexibility index (Phi) is 4.33. The molecule has 5 heteroatoms. The number of amides is 1. The van der Waals surface area contributed by atoms with Crippen molar-refractivity contribution < 1.29 is 9.47 Å². The third-order valence-electron chi connectivity index (χ3n) is 3.23. The van der Waals surface area contributed by atoms with E-state index in [2.05, 4.69) is 5.10 Å². The van der Waals surface area contributed by atoms with E-state index < -0.39 is 5.91 Å². The SMILES string of the molecule is Cc1c(C(N)=O)ccc[n+]1/N=C\c1ccc(N(C)C)cc1. The summed E-state index contributed by atoms with van der Waals surface area (Å²) >= 11 is 0. The Morgan fingerprint density at radius 2 is 1.90 bits per heavy atom. The van der Waals surface area contributed by atoms with Gasteiger partial charge in [0.25, 0.3) is 5.91 Å². The zero-order chi connectivity index (χ0) is 15.4. The van der Waals surface area contributed by atoms with Crippen molar-refractivity contribution in [3.05, 3.63) is 59.4 Å². The molecule has 0 saturated carbocycles. The molecule has 108 valence electrons. The number of carbonyl (C=O) groups excluding carboxylic acids is 1. The normalized spacial score (nSPS) is 10.8. The summed E-state index contributed by atoms with van der Waals surface area (Å²) in [7, 11) is 4.00. The minimum Gasteiger partial charge on any atom is -0.378 e. The quantitative estimate of drug-likeness (QED) is 0.679. The van der Waals surface area contributed by atoms with Gasteiger partial charge in [-0.25, -0.2) is 0 Å². The molecule has 1 aromatic heterocycles. The molecule has 0 atom stereocenters. The number of rotatable bonds is 4. The monoisotopic (exact) mass is 283 g/mol. The summed E-state index contributed by atoms with van der Waals surface area (Å²) in [5.41, 5.74) is 8.63. The summed E-state index contributed by atoms with van der Waals surface area (Å²) in [6.07, 6.45) is 3.53. The van der Waals surface area contributed by atoms with Gasteiger partial charge in [0.1, 0.15) is 11.8 Å². The van der Waals surface area contributed by atoms with Crippen LogP contribution in [0.5, 0.6) is 0 Å². The van der Waals surface area contributed by atoms with Crippen molar-refractivity contribution in [3.63, 3.8) is 0 Å². The van der Waals surface area contributed by atoms with Crippen molar-refractivity contribution in [2.75, 3.05) is 19.0 Å². The van der Waals surface area contributed by atoms with Crippen LogP contribution in [0.3, 0.4) is 0 Å². The first-order chi connectivity index (χ1) is 9.99. The molecule has 0 radical (unpaired) electrons. The molecule has 21 heavy (non-hydrogen) atoms. The van der Waals surface area contributed by atoms with Crippen LogP contribution in [0.2, 0.25) is 0 Å². The van der Waals surface area contributed by atoms with Gasteiger partial charge in [0, 0.05) is 32.8 Å². The minimum absolute atomic E-state index is 0.451. The molecule has 1 aromatic carbocycles. The first-order valence-electron chi connectivity index (χ1n) is 6.62. The van der Waals surface area contributed by atoms with Gasteiger partial charge in [0.15, 0.2) is 0 Å². The second-order valence-corrected chi connectivity index (χ2v) is 4.95. The first-order valence-corrected chi connectivity index (χ1v) is 6.62. The minimum atomic E-state index is -0.451. The van der Waals surface area contributed by atoms with Gasteiger partial charge in [0.2, 0.25) is 11.9 Å². The predicted molar refractivity (Wildman–Crippen MR) is 83.7 cm³/mol. The van der Waals surface area contributed by atoms with E-state index in [4.69, 9.17) is 5.73 Å². The zero-order valence-electron chi connectivity index (χ0n) is 12.4. The van der Waals surface area contributed by atoms with E-state index in [1.807, 2.05) is 50.2 Å². The fourth-order valence-electron chi connectivity index (χ4n) is 1.95. The fraction of sp³-hybridized carbons (Fsp3) is 0.188. The number of nitrogens with zero attached hydrogens (tertiary/aromatic N) is 3. The highest BCUT2D eigenvalue weighted by Crippen LogP contribution is 2.10. The maximum absolute atomic E-state index is 11.3. The molecule has 2 N–H and O–H groups in total. The Labute approximate surface area is 124 Å². The number of hydrogen-bond acceptors (Lipinski definition) is 3. The largest absolute Gasteiger partial charge is 0.378 e. The molecule has 2 aromatic rings. The molecule has 1 heterocycles. The smallest absolute Gasteiger partial charge is 0.255 e. The molecule has 0 aliphatic rings. The Bertz CT molecular complexity index is 675. The topological polar surface area (TPSA) is 62.6 Å². The van der Waals surface area contributed by atoms with E-state index in [1.165, 1.54) is 0 Å². The number of anilines is 1. The second kappa shape index (κ2) is 6.17. The summed E-state index contributed by atoms with van der Waals surface area (Å²) in [5, 5.41) is 4.36. The molecular weight excluding hydrogens is 264 g/mol. The highest BCUT2D eigenvalue weighted by atomic mass is 16.1. The van der Waals surface area contributed by atoms with Crippen molar-refractivity contribution in [3.8, 4) is 0 Å². The molecule has 0 fully saturated rings. The fourth-order valence-corrected chi connectivity index (χ4v) is 1.95. The van der Waals surface area contributed by atoms with Crippen molar-refractivity contribution in [2.24, 2.45) is 10.8 Å². The van der Waals surface area contributed by atoms with Gasteiger partial charge in [-0.2, -0.15) is 0 Å². The number of hydrogen-bond donors (Lipinski definition) is 1. The molecule has 0 saturated heterocycles. The van der Waals surface area contributed by atoms with Crippen LogP contribution in [0.15, 0.2) is 47.7 Å². The van der Waals surface area contributed by atoms with Crippen LogP contribution in [0, 0.1) is 6.92 Å². The molecule has 1 amide bonds. The third kappa shape index (κ3) is 3.45. The van der Waals surface area contributed by atoms with Crippen molar-refractivity contribution in [1.29, 1.82) is 0 Å². The van der Waals surface area contributed by atoms with Gasteiger partial charge in [-0.3, -0.25) is 4.79 Å². The number of aromatic nitrogens is 1. The summed E-state index contributed by atoms with van der Waals surface area (Å²) in [6.45, 7) is 1.81. The Hall–Kier alpha value is -2.69. The average Bonchev–Trinajstić information content (AvgIpc) is 2.46. The number of primary amides is 1. The Morgan fingerprint density at radius 1 is 1.24 bits per heavy atom. The van der Waals surface area contributed by atoms with Gasteiger partial charge in [0.05, 0.1) is 0 Å². The maximum Gasteiger partial charge on any atom is 0.255 e. The summed E-state index contributed by atoms with van der Waals surface area (Å²) in [4.78, 5) is 13.3. The highest BCUT2D eigenvalue weighted by molar-refractivity contribution is 5.93. The van der Waals surface area contributed by atoms with Crippen LogP contribution in [0.25, 0.3) is 0 Å². The van der Waals surface area contributed by atoms with E-state index in [0.717, 1.165) is 11.3 Å². The summed E-state index contributed by atoms with van der Waals surface area (Å²) in [6, 6.07) is 11.5. The second-order valence-electron chi connectivity index (χ2n) is 4.95. The Morgan fingerprint density at radius 3 is 2.48 bits per heavy atom. The molecule has 0 aliphatic heterocycles. The molecule has 0 aliphatic carbocycles. The van der Waals surface area contributed by atoms with Crippen LogP contribution in [0.4, 0.5) is 5.69 Å². The van der Waals surface area contributed by atoms with Crippen molar-refractivity contribution >= 4 is 17.8 Å². The predicted octanol–water partition coefficient (Wildman–Crippen LogP) is 1.33. The average molecular weight is 283 g/mol. The number of carbonyl (C=O) groups is 1. The van der Waals surface area contributed by atoms with Crippen LogP contribution in [-0.4, -0.2) is 26.2 Å². The molecule has 5 nitrogen and oxygen atoms in total. The molecule has 0 bridgehead atoms. The van der Waals surface area contributed by atoms with Crippen LogP contribution in [-0.2, 0) is 0 Å². The maximum atomic E-state index is 11.3. The number of nitrogens with two attached hydrogens (primary N) is 1. The van der Waals surface area contributed by atoms with Gasteiger partial charge < -0.3 is 10.6 Å². The van der Waals surface area contributed by atoms with E-state index in [0.29, 0.717) is 11.3 Å². The molecule has 0 unspecified atom stereocenters. The third-order valence-corrected chi connectivity index (χ3v) is 3.23. The van der Waals surface area contributed by atoms with Crippen LogP contribution < -0.4 is 15.3 Å². The van der Waals surface area contributed by atoms with Crippen molar-refractivity contribution in [2.45, 2.75) is 6.92 Å². The van der Waals surface area contributed by atoms with Crippen LogP contribution >= 0.6 is 0 Å². The summed E-state index contributed by atoms with van der Waals surface area (Å²) in [5.74, 6) is -0.451. The first kappa shape index (κ1) is 14.7. The van der Waals surface area contributed by atoms with Gasteiger partial charge in [-0.05, 0) is 28.9 Å². The van der Waals surface area contributed by atoms with Gasteiger partial charge >= 0.3 is 0 Å². The molecule has 0 spiro atoms. The van der Waals surface area contributed by atoms with Gasteiger partial charge in [-0.15, -0.1) is 0 Å². The lowest BCUT2D eigenvalue weighted by Gasteiger charge is -2.11. The van der Waals surface area contributed by atoms with E-state index >= 15 is 0 Å². The van der Waals surface area contributed by atoms with Crippen molar-refractivity contribution in [1.82, 2.24) is 0 Å². The zero-order valence-corrected chi connectivity index (χ0v) is 12.4. The van der Waals surface area contributed by atoms with E-state index in [1.54, 1.807) is 29.2 Å². The standard InChI is InChI=1S/C16H18N4O/c1-12-15(16(17)21)5-4-10-20(12)18-11-13-6-8-14(9-7-13)19(2)3/h4-11H,1-3H3,(H-,17,21)/p+1/b18-11-. The Balaban J connectivity index is 2.25. The lowest BCUT2D eigenvalue weighted by atomic mass is 10.2. The summed E-state index contributed by atoms with van der Waals surface area (Å²) < 4.78 is 1.64. The van der Waals surface area contributed by atoms with Crippen LogP contribution in [0.1, 0.15) is 21.6 Å². The highest BCUT2D eigenvalue weighted by Gasteiger charge is 2.14. The lowest BCUT2D eigenvalue weighted by Crippen LogP contribution is -2.34. The molecular formula is C16H19N4O+. The van der Waals surface area contributed by atoms with Gasteiger partial charge in [-0.1, -0.05) is 16.8 Å². The number of pyridine rings is 1. The number of benzene rings is 1. The van der Waals surface area contributed by atoms with E-state index in [-0.39, 0.29) is 0 Å². The van der Waals surface area contributed by atoms with E-state index in [9.17, 15) is 4.79 Å². The lowest BCUT2D eigenvalue weighted by molar-refractivity contribution is -0.684.